The molecule has 1 nitrogen and oxygen atoms in total. The summed E-state index contributed by atoms with van der Waals surface area (Å²) in [4.78, 5) is 0. The van der Waals surface area contributed by atoms with E-state index in [2.05, 4.69) is 67.5 Å². The minimum absolute atomic E-state index is 0. The number of nitrogens with one attached hydrogen (secondary N) is 1. The van der Waals surface area contributed by atoms with Gasteiger partial charge in [0, 0.05) is 0 Å². The molecule has 0 aliphatic heterocycles. The minimum atomic E-state index is -1.79. The van der Waals surface area contributed by atoms with E-state index in [0.29, 0.717) is 0 Å². The van der Waals surface area contributed by atoms with E-state index in [1.165, 1.54) is 28.8 Å². The minimum Gasteiger partial charge on any atom is -0.147 e. The Morgan fingerprint density at radius 3 is 2.00 bits per heavy atom. The van der Waals surface area contributed by atoms with E-state index < -0.39 is 26.9 Å². The van der Waals surface area contributed by atoms with E-state index in [0.717, 1.165) is 0 Å². The summed E-state index contributed by atoms with van der Waals surface area (Å²) in [6, 6.07) is 6.87. The number of hydrogen-bond acceptors (Lipinski definition) is 1. The number of hydrogen-bond donors (Lipinski definition) is 1. The van der Waals surface area contributed by atoms with Crippen molar-refractivity contribution < 1.29 is 20.9 Å². The van der Waals surface area contributed by atoms with Crippen molar-refractivity contribution in [2.45, 2.75) is 40.3 Å². The van der Waals surface area contributed by atoms with Crippen molar-refractivity contribution in [2.75, 3.05) is 3.30 Å². The monoisotopic (exact) mass is 510 g/mol. The van der Waals surface area contributed by atoms with Gasteiger partial charge in [-0.3, -0.25) is 0 Å². The van der Waals surface area contributed by atoms with Gasteiger partial charge in [-0.2, -0.15) is 0 Å². The smallest absolute Gasteiger partial charge is 0.147 e. The van der Waals surface area contributed by atoms with Crippen LogP contribution in [0.25, 0.3) is 0 Å². The van der Waals surface area contributed by atoms with E-state index in [-0.39, 0.29) is 24.8 Å². The Bertz CT molecular complexity index is 521. The molecular weight excluding hydrogens is 484 g/mol. The summed E-state index contributed by atoms with van der Waals surface area (Å²) >= 11 is -1.79. The Morgan fingerprint density at radius 2 is 1.57 bits per heavy atom. The summed E-state index contributed by atoms with van der Waals surface area (Å²) in [5.41, 5.74) is 5.57. The van der Waals surface area contributed by atoms with Gasteiger partial charge >= 0.3 is 127 Å². The molecule has 0 unspecified atom stereocenters. The number of benzene rings is 1. The first-order chi connectivity index (χ1) is 8.95. The van der Waals surface area contributed by atoms with Crippen molar-refractivity contribution in [3.05, 3.63) is 50.4 Å². The van der Waals surface area contributed by atoms with Gasteiger partial charge in [0.1, 0.15) is 0 Å². The summed E-state index contributed by atoms with van der Waals surface area (Å²) in [5, 5.41) is 0. The third-order valence-electron chi connectivity index (χ3n) is 3.47. The molecule has 0 radical (unpaired) electrons. The number of anilines is 1. The van der Waals surface area contributed by atoms with Gasteiger partial charge in [0.05, 0.1) is 0 Å². The van der Waals surface area contributed by atoms with Crippen LogP contribution in [-0.2, 0) is 20.9 Å². The maximum absolute atomic E-state index is 4.00. The second kappa shape index (κ2) is 9.34. The average Bonchev–Trinajstić information content (AvgIpc) is 2.70. The molecule has 0 fully saturated rings. The summed E-state index contributed by atoms with van der Waals surface area (Å²) in [6.07, 6.45) is 6.07. The molecule has 0 atom stereocenters. The zero-order valence-corrected chi connectivity index (χ0v) is 19.9. The van der Waals surface area contributed by atoms with Crippen molar-refractivity contribution in [1.29, 1.82) is 0 Å². The largest absolute Gasteiger partial charge is 0.147 e. The Kier molecular flexibility index (Phi) is 9.41. The van der Waals surface area contributed by atoms with Gasteiger partial charge in [-0.05, 0) is 0 Å². The molecule has 21 heavy (non-hydrogen) atoms. The molecule has 1 N–H and O–H groups in total. The average molecular weight is 510 g/mol. The predicted molar refractivity (Wildman–Crippen MR) is 99.4 cm³/mol. The molecule has 5 heteroatoms. The Hall–Kier alpha value is 0.167. The van der Waals surface area contributed by atoms with Crippen molar-refractivity contribution in [3.63, 3.8) is 0 Å². The van der Waals surface area contributed by atoms with E-state index in [4.69, 9.17) is 0 Å². The molecule has 1 aliphatic rings. The summed E-state index contributed by atoms with van der Waals surface area (Å²) in [6.45, 7) is 11.7. The first kappa shape index (κ1) is 21.2. The Balaban J connectivity index is 0.00000200. The van der Waals surface area contributed by atoms with Crippen LogP contribution in [0, 0.1) is 13.8 Å². The topological polar surface area (TPSA) is 12.0 Å². The molecule has 1 aromatic rings. The van der Waals surface area contributed by atoms with Crippen molar-refractivity contribution >= 4 is 36.5 Å². The van der Waals surface area contributed by atoms with E-state index in [9.17, 15) is 0 Å². The van der Waals surface area contributed by atoms with Gasteiger partial charge in [-0.25, -0.2) is 0 Å². The standard InChI is InChI=1S/C8H10N.C6H7.C2H7Si.2ClH.Hf/c1-6-3-7(2)5-8(9)4-6;1-6-4-2-3-5-6;1-3-2;;;/h3-5,9H,1-2H3;4-5H,2H2,1H3;3H,1-2H3;2*1H;/q-1;;;;;+1. The second-order valence-electron chi connectivity index (χ2n) is 5.89. The van der Waals surface area contributed by atoms with Gasteiger partial charge in [-0.15, -0.1) is 24.8 Å². The van der Waals surface area contributed by atoms with Crippen LogP contribution < -0.4 is 3.30 Å². The fourth-order valence-corrected chi connectivity index (χ4v) is 22.5. The van der Waals surface area contributed by atoms with Gasteiger partial charge in [0.15, 0.2) is 0 Å². The SMILES string of the molecule is CC1=CC[C]([Hf]([NH]c2cc(C)cc(C)c2)[SiH](C)C)=C1.Cl.Cl. The van der Waals surface area contributed by atoms with Crippen LogP contribution in [0.1, 0.15) is 24.5 Å². The van der Waals surface area contributed by atoms with Crippen LogP contribution in [0.15, 0.2) is 39.3 Å². The zero-order chi connectivity index (χ0) is 14.0. The Labute approximate surface area is 150 Å². The molecule has 0 bridgehead atoms. The van der Waals surface area contributed by atoms with Crippen LogP contribution in [0.4, 0.5) is 5.69 Å². The molecule has 1 aromatic carbocycles. The molecule has 0 saturated carbocycles. The maximum atomic E-state index is 4.00. The van der Waals surface area contributed by atoms with Crippen LogP contribution in [-0.4, -0.2) is 5.98 Å². The van der Waals surface area contributed by atoms with Gasteiger partial charge in [0.25, 0.3) is 0 Å². The van der Waals surface area contributed by atoms with E-state index in [1.54, 1.807) is 3.33 Å². The second-order valence-corrected chi connectivity index (χ2v) is 31.6. The van der Waals surface area contributed by atoms with Crippen LogP contribution in [0.5, 0.6) is 0 Å². The number of allylic oxidation sites excluding steroid dienone is 4. The molecule has 0 aromatic heterocycles. The summed E-state index contributed by atoms with van der Waals surface area (Å²) in [5.74, 6) is -0.567. The van der Waals surface area contributed by atoms with Gasteiger partial charge in [0.2, 0.25) is 0 Å². The Morgan fingerprint density at radius 1 is 1.00 bits per heavy atom. The molecule has 0 amide bonds. The maximum Gasteiger partial charge on any atom is -0.147 e. The van der Waals surface area contributed by atoms with Gasteiger partial charge in [-0.1, -0.05) is 0 Å². The predicted octanol–water partition coefficient (Wildman–Crippen LogP) is 5.31. The zero-order valence-electron chi connectivity index (χ0n) is 13.5. The molecule has 0 heterocycles. The molecular formula is C16H26Cl2HfNSi. The fraction of sp³-hybridized carbons (Fsp3) is 0.375. The van der Waals surface area contributed by atoms with Gasteiger partial charge < -0.3 is 0 Å². The quantitative estimate of drug-likeness (QED) is 0.543. The fourth-order valence-electron chi connectivity index (χ4n) is 2.65. The first-order valence-corrected chi connectivity index (χ1v) is 19.8. The molecule has 0 spiro atoms. The summed E-state index contributed by atoms with van der Waals surface area (Å²) in [7, 11) is 0. The normalized spacial score (nSPS) is 13.0. The van der Waals surface area contributed by atoms with Crippen molar-refractivity contribution in [2.24, 2.45) is 0 Å². The molecule has 0 saturated heterocycles. The molecule has 2 rings (SSSR count). The number of halogens is 2. The first-order valence-electron chi connectivity index (χ1n) is 7.05. The third kappa shape index (κ3) is 6.05. The van der Waals surface area contributed by atoms with E-state index >= 15 is 0 Å². The summed E-state index contributed by atoms with van der Waals surface area (Å²) < 4.78 is 5.78. The third-order valence-corrected chi connectivity index (χ3v) is 27.0. The van der Waals surface area contributed by atoms with Crippen LogP contribution in [0.2, 0.25) is 13.1 Å². The molecule has 117 valence electrons. The van der Waals surface area contributed by atoms with Crippen molar-refractivity contribution in [1.82, 2.24) is 0 Å². The van der Waals surface area contributed by atoms with Crippen LogP contribution in [0.3, 0.4) is 0 Å². The van der Waals surface area contributed by atoms with Crippen molar-refractivity contribution in [3.8, 4) is 0 Å². The van der Waals surface area contributed by atoms with Crippen LogP contribution >= 0.6 is 24.8 Å². The number of rotatable bonds is 4. The van der Waals surface area contributed by atoms with E-state index in [1.807, 2.05) is 0 Å². The molecule has 1 aliphatic carbocycles. The number of aryl methyl sites for hydroxylation is 2.